The van der Waals surface area contributed by atoms with Gasteiger partial charge in [0.15, 0.2) is 0 Å². The molecule has 6 heteroatoms. The van der Waals surface area contributed by atoms with Crippen LogP contribution in [0.15, 0.2) is 18.2 Å². The van der Waals surface area contributed by atoms with Gasteiger partial charge in [0, 0.05) is 43.2 Å². The third-order valence-corrected chi connectivity index (χ3v) is 6.90. The van der Waals surface area contributed by atoms with E-state index in [4.69, 9.17) is 9.47 Å². The molecule has 1 aromatic rings. The lowest BCUT2D eigenvalue weighted by Gasteiger charge is -2.32. The van der Waals surface area contributed by atoms with Gasteiger partial charge in [0.25, 0.3) is 0 Å². The molecule has 3 aliphatic rings. The quantitative estimate of drug-likeness (QED) is 0.742. The van der Waals surface area contributed by atoms with Crippen LogP contribution in [-0.2, 0) is 16.1 Å². The number of likely N-dealkylation sites (tertiary alicyclic amines) is 1. The van der Waals surface area contributed by atoms with E-state index in [0.717, 1.165) is 77.7 Å². The van der Waals surface area contributed by atoms with Crippen molar-refractivity contribution in [3.8, 4) is 5.75 Å². The van der Waals surface area contributed by atoms with E-state index in [1.54, 1.807) is 0 Å². The fourth-order valence-corrected chi connectivity index (χ4v) is 4.88. The zero-order valence-corrected chi connectivity index (χ0v) is 18.6. The number of carbonyl (C=O) groups excluding carboxylic acids is 1. The molecule has 6 nitrogen and oxygen atoms in total. The first-order valence-electron chi connectivity index (χ1n) is 11.6. The molecule has 3 heterocycles. The van der Waals surface area contributed by atoms with Gasteiger partial charge in [0.2, 0.25) is 5.91 Å². The Morgan fingerprint density at radius 2 is 1.90 bits per heavy atom. The molecule has 0 radical (unpaired) electrons. The van der Waals surface area contributed by atoms with Crippen LogP contribution in [0.3, 0.4) is 0 Å². The average molecular weight is 416 g/mol. The number of nitrogens with one attached hydrogen (secondary N) is 1. The number of rotatable bonds is 7. The molecule has 2 fully saturated rings. The van der Waals surface area contributed by atoms with E-state index < -0.39 is 0 Å². The molecule has 1 aromatic carbocycles. The lowest BCUT2D eigenvalue weighted by molar-refractivity contribution is -0.123. The number of morpholine rings is 1. The number of hydrogen-bond acceptors (Lipinski definition) is 5. The second-order valence-electron chi connectivity index (χ2n) is 9.41. The maximum absolute atomic E-state index is 12.2. The van der Waals surface area contributed by atoms with Crippen molar-refractivity contribution in [2.24, 2.45) is 11.8 Å². The van der Waals surface area contributed by atoms with Crippen LogP contribution in [0, 0.1) is 11.8 Å². The van der Waals surface area contributed by atoms with Crippen LogP contribution in [0.5, 0.6) is 5.75 Å². The monoisotopic (exact) mass is 415 g/mol. The van der Waals surface area contributed by atoms with E-state index in [2.05, 4.69) is 47.2 Å². The van der Waals surface area contributed by atoms with Crippen molar-refractivity contribution in [3.63, 3.8) is 0 Å². The van der Waals surface area contributed by atoms with Gasteiger partial charge in [-0.3, -0.25) is 14.6 Å². The van der Waals surface area contributed by atoms with Gasteiger partial charge in [0.1, 0.15) is 5.75 Å². The van der Waals surface area contributed by atoms with E-state index in [0.29, 0.717) is 24.3 Å². The number of ether oxygens (including phenoxy) is 2. The Hall–Kier alpha value is -1.63. The standard InChI is InChI=1S/C24H37N3O3/c1-18(2)22-17-30-24-20(4-3-5-21(22)24)15-26-8-6-19(7-9-26)14-25-23(28)16-27-10-12-29-13-11-27/h3-5,18-19,22H,6-17H2,1-2H3,(H,25,28). The molecular formula is C24H37N3O3. The van der Waals surface area contributed by atoms with E-state index in [9.17, 15) is 4.79 Å². The van der Waals surface area contributed by atoms with Crippen molar-refractivity contribution >= 4 is 5.91 Å². The van der Waals surface area contributed by atoms with Crippen LogP contribution in [-0.4, -0.2) is 74.8 Å². The molecule has 2 saturated heterocycles. The Kier molecular flexibility index (Phi) is 7.28. The van der Waals surface area contributed by atoms with Gasteiger partial charge in [-0.15, -0.1) is 0 Å². The minimum absolute atomic E-state index is 0.149. The third-order valence-electron chi connectivity index (χ3n) is 6.90. The van der Waals surface area contributed by atoms with E-state index >= 15 is 0 Å². The first-order valence-corrected chi connectivity index (χ1v) is 11.6. The average Bonchev–Trinajstić information content (AvgIpc) is 3.20. The van der Waals surface area contributed by atoms with E-state index in [1.807, 2.05) is 0 Å². The maximum Gasteiger partial charge on any atom is 0.234 e. The highest BCUT2D eigenvalue weighted by atomic mass is 16.5. The summed E-state index contributed by atoms with van der Waals surface area (Å²) in [5.41, 5.74) is 2.72. The Balaban J connectivity index is 1.21. The molecule has 3 aliphatic heterocycles. The number of piperidine rings is 1. The van der Waals surface area contributed by atoms with Crippen molar-refractivity contribution in [1.82, 2.24) is 15.1 Å². The summed E-state index contributed by atoms with van der Waals surface area (Å²) in [6.07, 6.45) is 2.28. The summed E-state index contributed by atoms with van der Waals surface area (Å²) in [5.74, 6) is 2.99. The summed E-state index contributed by atoms with van der Waals surface area (Å²) >= 11 is 0. The largest absolute Gasteiger partial charge is 0.492 e. The molecule has 0 bridgehead atoms. The van der Waals surface area contributed by atoms with Crippen molar-refractivity contribution in [2.45, 2.75) is 39.2 Å². The number of carbonyl (C=O) groups is 1. The number of benzene rings is 1. The fourth-order valence-electron chi connectivity index (χ4n) is 4.88. The maximum atomic E-state index is 12.2. The number of para-hydroxylation sites is 1. The lowest BCUT2D eigenvalue weighted by atomic mass is 9.89. The van der Waals surface area contributed by atoms with Crippen molar-refractivity contribution in [1.29, 1.82) is 0 Å². The number of amides is 1. The van der Waals surface area contributed by atoms with Crippen LogP contribution >= 0.6 is 0 Å². The molecule has 1 N–H and O–H groups in total. The van der Waals surface area contributed by atoms with Gasteiger partial charge in [-0.1, -0.05) is 32.0 Å². The van der Waals surface area contributed by atoms with Crippen LogP contribution in [0.2, 0.25) is 0 Å². The lowest BCUT2D eigenvalue weighted by Crippen LogP contribution is -2.45. The molecule has 4 rings (SSSR count). The zero-order valence-electron chi connectivity index (χ0n) is 18.6. The van der Waals surface area contributed by atoms with Crippen molar-refractivity contribution in [2.75, 3.05) is 59.1 Å². The molecule has 1 unspecified atom stereocenters. The topological polar surface area (TPSA) is 54.0 Å². The second-order valence-corrected chi connectivity index (χ2v) is 9.41. The molecule has 30 heavy (non-hydrogen) atoms. The number of fused-ring (bicyclic) bond motifs is 1. The van der Waals surface area contributed by atoms with Gasteiger partial charge < -0.3 is 14.8 Å². The minimum Gasteiger partial charge on any atom is -0.492 e. The van der Waals surface area contributed by atoms with Crippen LogP contribution in [0.25, 0.3) is 0 Å². The third kappa shape index (κ3) is 5.34. The molecule has 1 atom stereocenters. The van der Waals surface area contributed by atoms with Crippen LogP contribution in [0.1, 0.15) is 43.7 Å². The highest BCUT2D eigenvalue weighted by Crippen LogP contribution is 2.41. The van der Waals surface area contributed by atoms with E-state index in [-0.39, 0.29) is 5.91 Å². The summed E-state index contributed by atoms with van der Waals surface area (Å²) < 4.78 is 11.5. The first kappa shape index (κ1) is 21.6. The van der Waals surface area contributed by atoms with Gasteiger partial charge >= 0.3 is 0 Å². The predicted molar refractivity (Wildman–Crippen MR) is 118 cm³/mol. The molecule has 0 aliphatic carbocycles. The van der Waals surface area contributed by atoms with Gasteiger partial charge in [-0.25, -0.2) is 0 Å². The van der Waals surface area contributed by atoms with Gasteiger partial charge in [0.05, 0.1) is 26.4 Å². The Bertz CT molecular complexity index is 710. The minimum atomic E-state index is 0.149. The molecular weight excluding hydrogens is 378 g/mol. The SMILES string of the molecule is CC(C)C1COc2c(CN3CCC(CNC(=O)CN4CCOCC4)CC3)cccc21. The summed E-state index contributed by atoms with van der Waals surface area (Å²) in [6.45, 7) is 13.0. The smallest absolute Gasteiger partial charge is 0.234 e. The van der Waals surface area contributed by atoms with Crippen molar-refractivity contribution in [3.05, 3.63) is 29.3 Å². The summed E-state index contributed by atoms with van der Waals surface area (Å²) in [4.78, 5) is 16.9. The summed E-state index contributed by atoms with van der Waals surface area (Å²) in [5, 5.41) is 3.15. The van der Waals surface area contributed by atoms with Crippen LogP contribution < -0.4 is 10.1 Å². The molecule has 1 amide bonds. The second kappa shape index (κ2) is 10.1. The highest BCUT2D eigenvalue weighted by molar-refractivity contribution is 5.78. The Labute approximate surface area is 180 Å². The normalized spacial score (nSPS) is 23.4. The highest BCUT2D eigenvalue weighted by Gasteiger charge is 2.29. The fraction of sp³-hybridized carbons (Fsp3) is 0.708. The first-order chi connectivity index (χ1) is 14.6. The number of nitrogens with zero attached hydrogens (tertiary/aromatic N) is 2. The van der Waals surface area contributed by atoms with Gasteiger partial charge in [-0.2, -0.15) is 0 Å². The molecule has 166 valence electrons. The van der Waals surface area contributed by atoms with Crippen LogP contribution in [0.4, 0.5) is 0 Å². The Morgan fingerprint density at radius 1 is 1.13 bits per heavy atom. The van der Waals surface area contributed by atoms with Crippen molar-refractivity contribution < 1.29 is 14.3 Å². The summed E-state index contributed by atoms with van der Waals surface area (Å²) in [7, 11) is 0. The van der Waals surface area contributed by atoms with Gasteiger partial charge in [-0.05, 0) is 37.8 Å². The molecule has 0 saturated carbocycles. The predicted octanol–water partition coefficient (Wildman–Crippen LogP) is 2.48. The molecule has 0 aromatic heterocycles. The van der Waals surface area contributed by atoms with E-state index in [1.165, 1.54) is 11.1 Å². The zero-order chi connectivity index (χ0) is 20.9. The number of hydrogen-bond donors (Lipinski definition) is 1. The molecule has 0 spiro atoms. The summed E-state index contributed by atoms with van der Waals surface area (Å²) in [6, 6.07) is 6.65. The Morgan fingerprint density at radius 3 is 2.63 bits per heavy atom.